The molecular formula is C24H21N3O4. The van der Waals surface area contributed by atoms with Crippen molar-refractivity contribution in [2.45, 2.75) is 6.04 Å². The van der Waals surface area contributed by atoms with Crippen molar-refractivity contribution in [3.05, 3.63) is 95.6 Å². The van der Waals surface area contributed by atoms with Crippen LogP contribution in [-0.2, 0) is 0 Å². The lowest BCUT2D eigenvalue weighted by molar-refractivity contribution is 0.0582. The van der Waals surface area contributed by atoms with E-state index in [9.17, 15) is 14.4 Å². The van der Waals surface area contributed by atoms with Crippen LogP contribution in [0.3, 0.4) is 0 Å². The molecule has 0 radical (unpaired) electrons. The summed E-state index contributed by atoms with van der Waals surface area (Å²) in [5.41, 5.74) is 2.09. The molecule has 7 heteroatoms. The summed E-state index contributed by atoms with van der Waals surface area (Å²) in [5, 5.41) is 5.51. The first kappa shape index (κ1) is 20.2. The second-order valence-corrected chi connectivity index (χ2v) is 7.02. The molecule has 1 aliphatic heterocycles. The van der Waals surface area contributed by atoms with Crippen molar-refractivity contribution in [2.75, 3.05) is 19.0 Å². The van der Waals surface area contributed by atoms with Gasteiger partial charge in [-0.05, 0) is 42.0 Å². The van der Waals surface area contributed by atoms with E-state index in [4.69, 9.17) is 4.74 Å². The van der Waals surface area contributed by atoms with Gasteiger partial charge in [-0.1, -0.05) is 42.5 Å². The molecule has 31 heavy (non-hydrogen) atoms. The molecule has 0 aromatic heterocycles. The van der Waals surface area contributed by atoms with E-state index >= 15 is 0 Å². The Bertz CT molecular complexity index is 1080. The highest BCUT2D eigenvalue weighted by atomic mass is 16.5. The molecule has 156 valence electrons. The number of hydrogen-bond donors (Lipinski definition) is 2. The van der Waals surface area contributed by atoms with E-state index in [1.54, 1.807) is 55.6 Å². The van der Waals surface area contributed by atoms with Crippen molar-refractivity contribution >= 4 is 23.5 Å². The SMILES string of the molecule is COc1ccc(NC(=O)NCC(c2ccccc2)N2C(=O)c3ccccc3C2=O)cc1. The van der Waals surface area contributed by atoms with Crippen LogP contribution in [0.15, 0.2) is 78.9 Å². The van der Waals surface area contributed by atoms with Gasteiger partial charge in [-0.2, -0.15) is 0 Å². The average Bonchev–Trinajstić information content (AvgIpc) is 3.06. The minimum Gasteiger partial charge on any atom is -0.497 e. The molecule has 0 aliphatic carbocycles. The second kappa shape index (κ2) is 8.71. The summed E-state index contributed by atoms with van der Waals surface area (Å²) in [7, 11) is 1.57. The highest BCUT2D eigenvalue weighted by molar-refractivity contribution is 6.21. The number of ether oxygens (including phenoxy) is 1. The fraction of sp³-hybridized carbons (Fsp3) is 0.125. The van der Waals surface area contributed by atoms with Gasteiger partial charge in [0.25, 0.3) is 11.8 Å². The molecule has 1 aliphatic rings. The number of urea groups is 1. The molecule has 1 heterocycles. The van der Waals surface area contributed by atoms with Crippen LogP contribution >= 0.6 is 0 Å². The number of methoxy groups -OCH3 is 1. The first-order valence-corrected chi connectivity index (χ1v) is 9.79. The summed E-state index contributed by atoms with van der Waals surface area (Å²) < 4.78 is 5.11. The third-order valence-electron chi connectivity index (χ3n) is 5.13. The number of rotatable bonds is 6. The molecule has 3 aromatic rings. The van der Waals surface area contributed by atoms with Gasteiger partial charge in [0.1, 0.15) is 5.75 Å². The highest BCUT2D eigenvalue weighted by Gasteiger charge is 2.40. The Balaban J connectivity index is 1.52. The molecule has 3 aromatic carbocycles. The van der Waals surface area contributed by atoms with Gasteiger partial charge in [0.15, 0.2) is 0 Å². The summed E-state index contributed by atoms with van der Waals surface area (Å²) in [5.74, 6) is -0.0562. The average molecular weight is 415 g/mol. The highest BCUT2D eigenvalue weighted by Crippen LogP contribution is 2.31. The molecule has 0 saturated heterocycles. The number of anilines is 1. The summed E-state index contributed by atoms with van der Waals surface area (Å²) >= 11 is 0. The number of carbonyl (C=O) groups is 3. The van der Waals surface area contributed by atoms with Crippen molar-refractivity contribution in [3.8, 4) is 5.75 Å². The molecule has 1 atom stereocenters. The molecule has 2 N–H and O–H groups in total. The number of nitrogens with one attached hydrogen (secondary N) is 2. The van der Waals surface area contributed by atoms with Crippen molar-refractivity contribution in [2.24, 2.45) is 0 Å². The fourth-order valence-electron chi connectivity index (χ4n) is 3.56. The molecule has 7 nitrogen and oxygen atoms in total. The van der Waals surface area contributed by atoms with Gasteiger partial charge in [-0.15, -0.1) is 0 Å². The smallest absolute Gasteiger partial charge is 0.319 e. The van der Waals surface area contributed by atoms with Crippen LogP contribution in [0, 0.1) is 0 Å². The van der Waals surface area contributed by atoms with Crippen LogP contribution in [0.1, 0.15) is 32.3 Å². The monoisotopic (exact) mass is 415 g/mol. The van der Waals surface area contributed by atoms with Gasteiger partial charge in [0.2, 0.25) is 0 Å². The maximum absolute atomic E-state index is 13.0. The van der Waals surface area contributed by atoms with Gasteiger partial charge in [-0.3, -0.25) is 14.5 Å². The lowest BCUT2D eigenvalue weighted by Gasteiger charge is -2.27. The number of amides is 4. The van der Waals surface area contributed by atoms with Crippen LogP contribution in [0.4, 0.5) is 10.5 Å². The van der Waals surface area contributed by atoms with Gasteiger partial charge in [0.05, 0.1) is 24.3 Å². The van der Waals surface area contributed by atoms with Crippen LogP contribution < -0.4 is 15.4 Å². The van der Waals surface area contributed by atoms with Crippen molar-refractivity contribution in [3.63, 3.8) is 0 Å². The number of fused-ring (bicyclic) bond motifs is 1. The lowest BCUT2D eigenvalue weighted by atomic mass is 10.1. The van der Waals surface area contributed by atoms with Gasteiger partial charge in [-0.25, -0.2) is 4.79 Å². The first-order chi connectivity index (χ1) is 15.1. The molecule has 0 saturated carbocycles. The van der Waals surface area contributed by atoms with Crippen LogP contribution in [0.5, 0.6) is 5.75 Å². The summed E-state index contributed by atoms with van der Waals surface area (Å²) in [6, 6.07) is 21.7. The maximum Gasteiger partial charge on any atom is 0.319 e. The normalized spacial score (nSPS) is 13.5. The van der Waals surface area contributed by atoms with E-state index in [0.717, 1.165) is 5.56 Å². The summed E-state index contributed by atoms with van der Waals surface area (Å²) in [4.78, 5) is 39.6. The predicted molar refractivity (Wildman–Crippen MR) is 116 cm³/mol. The third kappa shape index (κ3) is 4.11. The second-order valence-electron chi connectivity index (χ2n) is 7.02. The predicted octanol–water partition coefficient (Wildman–Crippen LogP) is 3.85. The Hall–Kier alpha value is -4.13. The molecule has 0 spiro atoms. The van der Waals surface area contributed by atoms with Gasteiger partial charge in [0, 0.05) is 12.2 Å². The first-order valence-electron chi connectivity index (χ1n) is 9.79. The zero-order valence-corrected chi connectivity index (χ0v) is 16.9. The quantitative estimate of drug-likeness (QED) is 0.599. The number of hydrogen-bond acceptors (Lipinski definition) is 4. The number of benzene rings is 3. The summed E-state index contributed by atoms with van der Waals surface area (Å²) in [6.07, 6.45) is 0. The van der Waals surface area contributed by atoms with Crippen molar-refractivity contribution < 1.29 is 19.1 Å². The molecule has 0 bridgehead atoms. The van der Waals surface area contributed by atoms with E-state index in [-0.39, 0.29) is 18.4 Å². The van der Waals surface area contributed by atoms with Crippen LogP contribution in [0.25, 0.3) is 0 Å². The number of imide groups is 1. The summed E-state index contributed by atoms with van der Waals surface area (Å²) in [6.45, 7) is 0.0669. The third-order valence-corrected chi connectivity index (χ3v) is 5.13. The molecule has 4 amide bonds. The van der Waals surface area contributed by atoms with E-state index in [0.29, 0.717) is 22.6 Å². The minimum atomic E-state index is -0.643. The van der Waals surface area contributed by atoms with E-state index in [2.05, 4.69) is 10.6 Å². The number of nitrogens with zero attached hydrogens (tertiary/aromatic N) is 1. The molecule has 1 unspecified atom stereocenters. The van der Waals surface area contributed by atoms with E-state index in [1.165, 1.54) is 4.90 Å². The van der Waals surface area contributed by atoms with Crippen LogP contribution in [-0.4, -0.2) is 36.4 Å². The van der Waals surface area contributed by atoms with Gasteiger partial charge >= 0.3 is 6.03 Å². The Morgan fingerprint density at radius 1 is 0.871 bits per heavy atom. The Labute approximate surface area is 179 Å². The topological polar surface area (TPSA) is 87.7 Å². The molecule has 4 rings (SSSR count). The Morgan fingerprint density at radius 2 is 1.45 bits per heavy atom. The van der Waals surface area contributed by atoms with Crippen LogP contribution in [0.2, 0.25) is 0 Å². The standard InChI is InChI=1S/C24H21N3O4/c1-31-18-13-11-17(12-14-18)26-24(30)25-15-21(16-7-3-2-4-8-16)27-22(28)19-9-5-6-10-20(19)23(27)29/h2-14,21H,15H2,1H3,(H2,25,26,30). The van der Waals surface area contributed by atoms with E-state index in [1.807, 2.05) is 30.3 Å². The molecular weight excluding hydrogens is 394 g/mol. The molecule has 0 fully saturated rings. The number of carbonyl (C=O) groups excluding carboxylic acids is 3. The lowest BCUT2D eigenvalue weighted by Crippen LogP contribution is -2.42. The van der Waals surface area contributed by atoms with Gasteiger partial charge < -0.3 is 15.4 Å². The maximum atomic E-state index is 13.0. The zero-order valence-electron chi connectivity index (χ0n) is 16.9. The van der Waals surface area contributed by atoms with Crippen molar-refractivity contribution in [1.82, 2.24) is 10.2 Å². The fourth-order valence-corrected chi connectivity index (χ4v) is 3.56. The zero-order chi connectivity index (χ0) is 21.8. The largest absolute Gasteiger partial charge is 0.497 e. The Morgan fingerprint density at radius 3 is 2.03 bits per heavy atom. The van der Waals surface area contributed by atoms with Crippen molar-refractivity contribution in [1.29, 1.82) is 0 Å². The minimum absolute atomic E-state index is 0.0669. The Kier molecular flexibility index (Phi) is 5.66. The van der Waals surface area contributed by atoms with E-state index < -0.39 is 12.1 Å².